The van der Waals surface area contributed by atoms with Crippen molar-refractivity contribution in [1.29, 1.82) is 0 Å². The lowest BCUT2D eigenvalue weighted by molar-refractivity contribution is 0.102. The molecule has 156 valence electrons. The molecule has 0 unspecified atom stereocenters. The van der Waals surface area contributed by atoms with E-state index in [0.717, 1.165) is 0 Å². The summed E-state index contributed by atoms with van der Waals surface area (Å²) in [5.41, 5.74) is 1.13. The van der Waals surface area contributed by atoms with Crippen LogP contribution in [0.25, 0.3) is 0 Å². The van der Waals surface area contributed by atoms with Crippen LogP contribution in [-0.4, -0.2) is 20.9 Å². The Labute approximate surface area is 184 Å². The quantitative estimate of drug-likeness (QED) is 0.486. The normalized spacial score (nSPS) is 11.0. The molecule has 0 saturated heterocycles. The highest BCUT2D eigenvalue weighted by Crippen LogP contribution is 2.22. The van der Waals surface area contributed by atoms with Crippen molar-refractivity contribution in [3.05, 3.63) is 82.3 Å². The number of carbonyl (C=O) groups excluding carboxylic acids is 1. The van der Waals surface area contributed by atoms with Gasteiger partial charge in [-0.2, -0.15) is 0 Å². The van der Waals surface area contributed by atoms with E-state index < -0.39 is 15.9 Å². The summed E-state index contributed by atoms with van der Waals surface area (Å²) in [5.74, 6) is 0.240. The molecule has 3 rings (SSSR count). The van der Waals surface area contributed by atoms with Gasteiger partial charge in [-0.05, 0) is 73.7 Å². The highest BCUT2D eigenvalue weighted by molar-refractivity contribution is 7.92. The van der Waals surface area contributed by atoms with Gasteiger partial charge in [0.05, 0.1) is 11.5 Å². The van der Waals surface area contributed by atoms with Crippen LogP contribution in [0.4, 0.5) is 11.4 Å². The van der Waals surface area contributed by atoms with Crippen LogP contribution in [0.2, 0.25) is 10.0 Å². The van der Waals surface area contributed by atoms with E-state index in [9.17, 15) is 13.2 Å². The lowest BCUT2D eigenvalue weighted by Crippen LogP contribution is -2.14. The van der Waals surface area contributed by atoms with E-state index in [2.05, 4.69) is 10.0 Å². The molecule has 0 atom stereocenters. The summed E-state index contributed by atoms with van der Waals surface area (Å²) in [6.07, 6.45) is 0. The molecule has 2 N–H and O–H groups in total. The molecule has 3 aromatic rings. The van der Waals surface area contributed by atoms with E-state index in [1.54, 1.807) is 24.3 Å². The maximum absolute atomic E-state index is 12.6. The van der Waals surface area contributed by atoms with Crippen molar-refractivity contribution in [2.24, 2.45) is 0 Å². The number of nitrogens with one attached hydrogen (secondary N) is 2. The number of hydrogen-bond acceptors (Lipinski definition) is 4. The van der Waals surface area contributed by atoms with Crippen molar-refractivity contribution in [1.82, 2.24) is 0 Å². The van der Waals surface area contributed by atoms with Gasteiger partial charge < -0.3 is 10.1 Å². The molecule has 0 fully saturated rings. The first-order valence-electron chi connectivity index (χ1n) is 8.90. The van der Waals surface area contributed by atoms with Gasteiger partial charge in [0.15, 0.2) is 0 Å². The molecule has 0 saturated carbocycles. The fourth-order valence-electron chi connectivity index (χ4n) is 2.61. The number of hydrogen-bond donors (Lipinski definition) is 2. The molecule has 0 aliphatic heterocycles. The Bertz CT molecular complexity index is 1130. The molecular formula is C21H18Cl2N2O4S. The van der Waals surface area contributed by atoms with Crippen LogP contribution in [0.5, 0.6) is 5.75 Å². The predicted octanol–water partition coefficient (Wildman–Crippen LogP) is 5.45. The maximum atomic E-state index is 12.6. The highest BCUT2D eigenvalue weighted by atomic mass is 35.5. The smallest absolute Gasteiger partial charge is 0.261 e. The molecule has 0 aliphatic carbocycles. The third-order valence-electron chi connectivity index (χ3n) is 3.96. The number of sulfonamides is 1. The molecule has 0 spiro atoms. The largest absolute Gasteiger partial charge is 0.494 e. The van der Waals surface area contributed by atoms with Crippen LogP contribution in [0, 0.1) is 0 Å². The maximum Gasteiger partial charge on any atom is 0.261 e. The van der Waals surface area contributed by atoms with Crippen molar-refractivity contribution in [2.75, 3.05) is 16.6 Å². The van der Waals surface area contributed by atoms with Gasteiger partial charge in [-0.25, -0.2) is 8.42 Å². The number of anilines is 2. The van der Waals surface area contributed by atoms with Gasteiger partial charge in [-0.1, -0.05) is 23.2 Å². The van der Waals surface area contributed by atoms with Crippen LogP contribution >= 0.6 is 23.2 Å². The second kappa shape index (κ2) is 9.38. The minimum absolute atomic E-state index is 0.0557. The first-order valence-corrected chi connectivity index (χ1v) is 11.1. The average Bonchev–Trinajstić information content (AvgIpc) is 2.69. The SMILES string of the molecule is CCOc1ccc(NS(=O)(=O)c2ccc(NC(=O)c3cc(Cl)cc(Cl)c3)cc2)cc1. The second-order valence-electron chi connectivity index (χ2n) is 6.20. The molecule has 6 nitrogen and oxygen atoms in total. The van der Waals surface area contributed by atoms with Crippen LogP contribution in [0.1, 0.15) is 17.3 Å². The highest BCUT2D eigenvalue weighted by Gasteiger charge is 2.15. The van der Waals surface area contributed by atoms with Gasteiger partial charge in [0.1, 0.15) is 5.75 Å². The zero-order valence-electron chi connectivity index (χ0n) is 15.9. The zero-order valence-corrected chi connectivity index (χ0v) is 18.2. The zero-order chi connectivity index (χ0) is 21.7. The lowest BCUT2D eigenvalue weighted by Gasteiger charge is -2.10. The Hall–Kier alpha value is -2.74. The Balaban J connectivity index is 1.70. The number of benzene rings is 3. The number of carbonyl (C=O) groups is 1. The summed E-state index contributed by atoms with van der Waals surface area (Å²) in [7, 11) is -3.79. The fourth-order valence-corrected chi connectivity index (χ4v) is 4.19. The van der Waals surface area contributed by atoms with Crippen molar-refractivity contribution in [3.63, 3.8) is 0 Å². The Morgan fingerprint density at radius 3 is 2.03 bits per heavy atom. The minimum Gasteiger partial charge on any atom is -0.494 e. The second-order valence-corrected chi connectivity index (χ2v) is 8.75. The van der Waals surface area contributed by atoms with E-state index in [1.807, 2.05) is 6.92 Å². The average molecular weight is 465 g/mol. The lowest BCUT2D eigenvalue weighted by atomic mass is 10.2. The van der Waals surface area contributed by atoms with E-state index in [-0.39, 0.29) is 4.90 Å². The van der Waals surface area contributed by atoms with Gasteiger partial charge in [0.25, 0.3) is 15.9 Å². The van der Waals surface area contributed by atoms with Gasteiger partial charge >= 0.3 is 0 Å². The molecule has 0 aromatic heterocycles. The molecule has 3 aromatic carbocycles. The topological polar surface area (TPSA) is 84.5 Å². The standard InChI is InChI=1S/C21H18Cl2N2O4S/c1-2-29-19-7-3-18(4-8-19)25-30(27,28)20-9-5-17(6-10-20)24-21(26)14-11-15(22)13-16(23)12-14/h3-13,25H,2H2,1H3,(H,24,26). The third-order valence-corrected chi connectivity index (χ3v) is 5.80. The van der Waals surface area contributed by atoms with E-state index >= 15 is 0 Å². The van der Waals surface area contributed by atoms with Crippen molar-refractivity contribution in [2.45, 2.75) is 11.8 Å². The molecule has 30 heavy (non-hydrogen) atoms. The Morgan fingerprint density at radius 1 is 0.900 bits per heavy atom. The van der Waals surface area contributed by atoms with Gasteiger partial charge in [0.2, 0.25) is 0 Å². The molecular weight excluding hydrogens is 447 g/mol. The molecule has 1 amide bonds. The number of amides is 1. The van der Waals surface area contributed by atoms with Gasteiger partial charge in [-0.3, -0.25) is 9.52 Å². The van der Waals surface area contributed by atoms with Crippen molar-refractivity contribution >= 4 is 50.5 Å². The van der Waals surface area contributed by atoms with Gasteiger partial charge in [0, 0.05) is 27.0 Å². The molecule has 0 bridgehead atoms. The molecule has 0 aliphatic rings. The van der Waals surface area contributed by atoms with Crippen molar-refractivity contribution in [3.8, 4) is 5.75 Å². The van der Waals surface area contributed by atoms with Crippen molar-refractivity contribution < 1.29 is 17.9 Å². The monoisotopic (exact) mass is 464 g/mol. The van der Waals surface area contributed by atoms with Crippen LogP contribution in [0.15, 0.2) is 71.6 Å². The predicted molar refractivity (Wildman–Crippen MR) is 119 cm³/mol. The Morgan fingerprint density at radius 2 is 1.47 bits per heavy atom. The number of rotatable bonds is 7. The van der Waals surface area contributed by atoms with E-state index in [4.69, 9.17) is 27.9 Å². The number of halogens is 2. The summed E-state index contributed by atoms with van der Waals surface area (Å²) in [4.78, 5) is 12.4. The van der Waals surface area contributed by atoms with Crippen LogP contribution < -0.4 is 14.8 Å². The fraction of sp³-hybridized carbons (Fsp3) is 0.0952. The van der Waals surface area contributed by atoms with Crippen LogP contribution in [-0.2, 0) is 10.0 Å². The molecule has 9 heteroatoms. The van der Waals surface area contributed by atoms with Gasteiger partial charge in [-0.15, -0.1) is 0 Å². The summed E-state index contributed by atoms with van der Waals surface area (Å²) in [6.45, 7) is 2.39. The molecule has 0 radical (unpaired) electrons. The first kappa shape index (κ1) is 22.0. The summed E-state index contributed by atoms with van der Waals surface area (Å²) >= 11 is 11.8. The first-order chi connectivity index (χ1) is 14.3. The summed E-state index contributed by atoms with van der Waals surface area (Å²) < 4.78 is 33.0. The van der Waals surface area contributed by atoms with E-state index in [1.165, 1.54) is 42.5 Å². The summed E-state index contributed by atoms with van der Waals surface area (Å²) in [5, 5.41) is 3.36. The summed E-state index contributed by atoms with van der Waals surface area (Å²) in [6, 6.07) is 16.9. The Kier molecular flexibility index (Phi) is 6.87. The molecule has 0 heterocycles. The minimum atomic E-state index is -3.79. The number of ether oxygens (including phenoxy) is 1. The van der Waals surface area contributed by atoms with E-state index in [0.29, 0.717) is 39.3 Å². The third kappa shape index (κ3) is 5.66. The van der Waals surface area contributed by atoms with Crippen LogP contribution in [0.3, 0.4) is 0 Å².